The number of hydrogen-bond acceptors (Lipinski definition) is 5. The number of fused-ring (bicyclic) bond motifs is 1. The number of benzene rings is 1. The third-order valence-corrected chi connectivity index (χ3v) is 2.49. The Hall–Kier alpha value is -1.46. The first kappa shape index (κ1) is 10.1. The highest BCUT2D eigenvalue weighted by atomic mass is 16.5. The molecule has 1 aliphatic rings. The molecule has 0 bridgehead atoms. The van der Waals surface area contributed by atoms with Crippen LogP contribution in [0.1, 0.15) is 0 Å². The number of ether oxygens (including phenoxy) is 1. The number of para-hydroxylation sites is 1. The molecule has 0 atom stereocenters. The van der Waals surface area contributed by atoms with Crippen LogP contribution >= 0.6 is 0 Å². The highest BCUT2D eigenvalue weighted by Gasteiger charge is 2.35. The topological polar surface area (TPSA) is 82.0 Å². The smallest absolute Gasteiger partial charge is 0.184 e. The number of phenols is 1. The van der Waals surface area contributed by atoms with Crippen LogP contribution in [0.2, 0.25) is 0 Å². The summed E-state index contributed by atoms with van der Waals surface area (Å²) in [4.78, 5) is 0. The molecular weight excluding hydrogens is 198 g/mol. The molecule has 5 heteroatoms. The summed E-state index contributed by atoms with van der Waals surface area (Å²) in [5.41, 5.74) is -0.301. The molecule has 82 valence electrons. The lowest BCUT2D eigenvalue weighted by molar-refractivity contribution is 0.0836. The van der Waals surface area contributed by atoms with Gasteiger partial charge >= 0.3 is 0 Å². The zero-order valence-corrected chi connectivity index (χ0v) is 8.10. The standard InChI is InChI=1S/C10H13NO4/c12-4-10(5-13)6-15-9-7(11-10)2-1-3-8(9)14/h1-3,11-14H,4-6H2. The van der Waals surface area contributed by atoms with Crippen molar-refractivity contribution in [2.24, 2.45) is 0 Å². The quantitative estimate of drug-likeness (QED) is 0.550. The number of aliphatic hydroxyl groups excluding tert-OH is 2. The predicted octanol–water partition coefficient (Wildman–Crippen LogP) is -0.0801. The number of aromatic hydroxyl groups is 1. The third kappa shape index (κ3) is 1.60. The fourth-order valence-corrected chi connectivity index (χ4v) is 1.53. The molecule has 1 heterocycles. The molecule has 0 aliphatic carbocycles. The van der Waals surface area contributed by atoms with Gasteiger partial charge in [-0.3, -0.25) is 0 Å². The van der Waals surface area contributed by atoms with Gasteiger partial charge in [-0.2, -0.15) is 0 Å². The Morgan fingerprint density at radius 2 is 2.07 bits per heavy atom. The summed E-state index contributed by atoms with van der Waals surface area (Å²) in [6.45, 7) is -0.359. The van der Waals surface area contributed by atoms with E-state index in [0.29, 0.717) is 11.4 Å². The average molecular weight is 211 g/mol. The van der Waals surface area contributed by atoms with Gasteiger partial charge in [0.15, 0.2) is 11.5 Å². The van der Waals surface area contributed by atoms with Crippen molar-refractivity contribution in [3.8, 4) is 11.5 Å². The second kappa shape index (κ2) is 3.60. The molecular formula is C10H13NO4. The van der Waals surface area contributed by atoms with Crippen LogP contribution in [0.3, 0.4) is 0 Å². The van der Waals surface area contributed by atoms with E-state index in [1.807, 2.05) is 0 Å². The van der Waals surface area contributed by atoms with Gasteiger partial charge < -0.3 is 25.4 Å². The molecule has 5 nitrogen and oxygen atoms in total. The Bertz CT molecular complexity index is 362. The predicted molar refractivity (Wildman–Crippen MR) is 54.1 cm³/mol. The van der Waals surface area contributed by atoms with E-state index in [9.17, 15) is 15.3 Å². The van der Waals surface area contributed by atoms with Crippen molar-refractivity contribution in [1.82, 2.24) is 0 Å². The van der Waals surface area contributed by atoms with Gasteiger partial charge in [-0.15, -0.1) is 0 Å². The minimum atomic E-state index is -0.874. The maximum atomic E-state index is 9.48. The van der Waals surface area contributed by atoms with Gasteiger partial charge in [-0.1, -0.05) is 6.07 Å². The highest BCUT2D eigenvalue weighted by molar-refractivity contribution is 5.65. The monoisotopic (exact) mass is 211 g/mol. The normalized spacial score (nSPS) is 17.5. The lowest BCUT2D eigenvalue weighted by atomic mass is 10.0. The number of rotatable bonds is 2. The van der Waals surface area contributed by atoms with Crippen molar-refractivity contribution in [2.45, 2.75) is 5.54 Å². The average Bonchev–Trinajstić information content (AvgIpc) is 2.29. The van der Waals surface area contributed by atoms with E-state index in [1.165, 1.54) is 6.07 Å². The van der Waals surface area contributed by atoms with E-state index in [0.717, 1.165) is 0 Å². The third-order valence-electron chi connectivity index (χ3n) is 2.49. The zero-order chi connectivity index (χ0) is 10.9. The first-order valence-corrected chi connectivity index (χ1v) is 4.65. The summed E-state index contributed by atoms with van der Waals surface area (Å²) in [7, 11) is 0. The summed E-state index contributed by atoms with van der Waals surface area (Å²) in [5.74, 6) is 0.402. The highest BCUT2D eigenvalue weighted by Crippen LogP contribution is 2.39. The minimum Gasteiger partial charge on any atom is -0.504 e. The molecule has 0 unspecified atom stereocenters. The van der Waals surface area contributed by atoms with Crippen LogP contribution in [0.4, 0.5) is 5.69 Å². The van der Waals surface area contributed by atoms with Crippen molar-refractivity contribution in [3.63, 3.8) is 0 Å². The molecule has 0 radical (unpaired) electrons. The Kier molecular flexibility index (Phi) is 2.42. The molecule has 0 fully saturated rings. The molecule has 4 N–H and O–H groups in total. The molecule has 0 amide bonds. The van der Waals surface area contributed by atoms with Gasteiger partial charge in [0.25, 0.3) is 0 Å². The van der Waals surface area contributed by atoms with Crippen LogP contribution in [0.15, 0.2) is 18.2 Å². The number of anilines is 1. The first-order chi connectivity index (χ1) is 7.21. The van der Waals surface area contributed by atoms with E-state index in [2.05, 4.69) is 5.32 Å². The fraction of sp³-hybridized carbons (Fsp3) is 0.400. The second-order valence-electron chi connectivity index (χ2n) is 3.66. The van der Waals surface area contributed by atoms with E-state index >= 15 is 0 Å². The molecule has 0 spiro atoms. The molecule has 15 heavy (non-hydrogen) atoms. The number of nitrogens with one attached hydrogen (secondary N) is 1. The fourth-order valence-electron chi connectivity index (χ4n) is 1.53. The van der Waals surface area contributed by atoms with Crippen molar-refractivity contribution >= 4 is 5.69 Å². The Morgan fingerprint density at radius 1 is 1.33 bits per heavy atom. The molecule has 0 saturated carbocycles. The SMILES string of the molecule is OCC1(CO)COc2c(O)cccc2N1. The van der Waals surface area contributed by atoms with Crippen LogP contribution in [-0.2, 0) is 0 Å². The Morgan fingerprint density at radius 3 is 2.73 bits per heavy atom. The van der Waals surface area contributed by atoms with Crippen molar-refractivity contribution in [1.29, 1.82) is 0 Å². The maximum Gasteiger partial charge on any atom is 0.184 e. The van der Waals surface area contributed by atoms with Gasteiger partial charge in [0.2, 0.25) is 0 Å². The lowest BCUT2D eigenvalue weighted by Gasteiger charge is -2.36. The maximum absolute atomic E-state index is 9.48. The largest absolute Gasteiger partial charge is 0.504 e. The number of aliphatic hydroxyl groups is 2. The number of hydrogen-bond donors (Lipinski definition) is 4. The summed E-state index contributed by atoms with van der Waals surface area (Å²) in [6.07, 6.45) is 0. The van der Waals surface area contributed by atoms with Crippen LogP contribution in [0.5, 0.6) is 11.5 Å². The van der Waals surface area contributed by atoms with Gasteiger partial charge in [0.1, 0.15) is 12.1 Å². The van der Waals surface area contributed by atoms with E-state index in [4.69, 9.17) is 4.74 Å². The van der Waals surface area contributed by atoms with Gasteiger partial charge in [0.05, 0.1) is 18.9 Å². The lowest BCUT2D eigenvalue weighted by Crippen LogP contribution is -2.53. The van der Waals surface area contributed by atoms with Crippen molar-refractivity contribution < 1.29 is 20.1 Å². The Balaban J connectivity index is 2.34. The molecule has 0 aromatic heterocycles. The summed E-state index contributed by atoms with van der Waals surface area (Å²) < 4.78 is 5.32. The van der Waals surface area contributed by atoms with E-state index in [1.54, 1.807) is 12.1 Å². The summed E-state index contributed by atoms with van der Waals surface area (Å²) in [6, 6.07) is 4.90. The van der Waals surface area contributed by atoms with Crippen LogP contribution in [0.25, 0.3) is 0 Å². The summed E-state index contributed by atoms with van der Waals surface area (Å²) >= 11 is 0. The molecule has 2 rings (SSSR count). The van der Waals surface area contributed by atoms with Crippen LogP contribution in [-0.4, -0.2) is 40.7 Å². The minimum absolute atomic E-state index is 0.0458. The second-order valence-corrected chi connectivity index (χ2v) is 3.66. The van der Waals surface area contributed by atoms with Gasteiger partial charge in [-0.25, -0.2) is 0 Å². The molecule has 0 saturated heterocycles. The van der Waals surface area contributed by atoms with Crippen molar-refractivity contribution in [2.75, 3.05) is 25.1 Å². The van der Waals surface area contributed by atoms with Gasteiger partial charge in [0, 0.05) is 0 Å². The molecule has 1 aromatic carbocycles. The first-order valence-electron chi connectivity index (χ1n) is 4.65. The molecule has 1 aromatic rings. The number of phenolic OH excluding ortho intramolecular Hbond substituents is 1. The summed E-state index contributed by atoms with van der Waals surface area (Å²) in [5, 5.41) is 30.8. The molecule has 1 aliphatic heterocycles. The van der Waals surface area contributed by atoms with Crippen LogP contribution < -0.4 is 10.1 Å². The van der Waals surface area contributed by atoms with Crippen LogP contribution in [0, 0.1) is 0 Å². The van der Waals surface area contributed by atoms with Crippen molar-refractivity contribution in [3.05, 3.63) is 18.2 Å². The Labute approximate surface area is 86.9 Å². The van der Waals surface area contributed by atoms with Gasteiger partial charge in [-0.05, 0) is 12.1 Å². The zero-order valence-electron chi connectivity index (χ0n) is 8.10. The van der Waals surface area contributed by atoms with E-state index < -0.39 is 5.54 Å². The van der Waals surface area contributed by atoms with E-state index in [-0.39, 0.29) is 25.6 Å².